The number of aromatic nitrogens is 1. The first-order valence-electron chi connectivity index (χ1n) is 5.60. The van der Waals surface area contributed by atoms with Gasteiger partial charge in [0.25, 0.3) is 0 Å². The van der Waals surface area contributed by atoms with Crippen LogP contribution in [0.1, 0.15) is 5.56 Å². The van der Waals surface area contributed by atoms with Crippen LogP contribution in [0.5, 0.6) is 5.75 Å². The maximum Gasteiger partial charge on any atom is 0.141 e. The van der Waals surface area contributed by atoms with Crippen LogP contribution in [0.25, 0.3) is 11.0 Å². The van der Waals surface area contributed by atoms with Crippen molar-refractivity contribution in [3.05, 3.63) is 48.4 Å². The number of nitrogens with one attached hydrogen (secondary N) is 1. The Kier molecular flexibility index (Phi) is 2.54. The summed E-state index contributed by atoms with van der Waals surface area (Å²) < 4.78 is 5.28. The Labute approximate surface area is 108 Å². The Morgan fingerprint density at radius 1 is 1.26 bits per heavy atom. The molecular weight excluding hydrogens is 242 g/mol. The quantitative estimate of drug-likeness (QED) is 0.731. The molecule has 2 N–H and O–H groups in total. The van der Waals surface area contributed by atoms with E-state index < -0.39 is 0 Å². The largest absolute Gasteiger partial charge is 0.506 e. The minimum atomic E-state index is -0.0631. The molecule has 0 saturated heterocycles. The zero-order valence-electron chi connectivity index (χ0n) is 9.79. The predicted octanol–water partition coefficient (Wildman–Crippen LogP) is 3.15. The number of furan rings is 1. The van der Waals surface area contributed by atoms with Crippen LogP contribution in [-0.2, 0) is 0 Å². The average Bonchev–Trinajstić information content (AvgIpc) is 2.88. The van der Waals surface area contributed by atoms with Crippen LogP contribution in [0.2, 0.25) is 0 Å². The second kappa shape index (κ2) is 4.35. The number of pyridine rings is 1. The summed E-state index contributed by atoms with van der Waals surface area (Å²) in [4.78, 5) is 4.23. The molecule has 0 aliphatic rings. The highest BCUT2D eigenvalue weighted by molar-refractivity contribution is 5.89. The lowest BCUT2D eigenvalue weighted by Crippen LogP contribution is -1.93. The van der Waals surface area contributed by atoms with Crippen molar-refractivity contribution in [2.75, 3.05) is 5.32 Å². The highest BCUT2D eigenvalue weighted by atomic mass is 16.3. The highest BCUT2D eigenvalue weighted by Crippen LogP contribution is 2.27. The number of phenolic OH excluding ortho intramolecular Hbond substituents is 1. The smallest absolute Gasteiger partial charge is 0.141 e. The Bertz CT molecular complexity index is 787. The van der Waals surface area contributed by atoms with Crippen LogP contribution in [-0.4, -0.2) is 10.1 Å². The second-order valence-electron chi connectivity index (χ2n) is 3.96. The van der Waals surface area contributed by atoms with E-state index in [0.717, 1.165) is 11.0 Å². The number of nitrogens with zero attached hydrogens (tertiary/aromatic N) is 2. The van der Waals surface area contributed by atoms with E-state index in [4.69, 9.17) is 9.68 Å². The van der Waals surface area contributed by atoms with Gasteiger partial charge in [0, 0.05) is 18.0 Å². The van der Waals surface area contributed by atoms with Crippen LogP contribution in [0.4, 0.5) is 11.5 Å². The van der Waals surface area contributed by atoms with Gasteiger partial charge in [0.2, 0.25) is 0 Å². The molecule has 5 heteroatoms. The summed E-state index contributed by atoms with van der Waals surface area (Å²) in [6, 6.07) is 10.2. The molecule has 2 aromatic heterocycles. The molecule has 3 aromatic rings. The van der Waals surface area contributed by atoms with E-state index in [1.807, 2.05) is 12.1 Å². The van der Waals surface area contributed by atoms with Gasteiger partial charge in [-0.25, -0.2) is 4.98 Å². The maximum absolute atomic E-state index is 9.64. The fourth-order valence-electron chi connectivity index (χ4n) is 1.83. The van der Waals surface area contributed by atoms with E-state index in [9.17, 15) is 5.11 Å². The lowest BCUT2D eigenvalue weighted by Gasteiger charge is -2.07. The van der Waals surface area contributed by atoms with Gasteiger partial charge in [-0.1, -0.05) is 0 Å². The van der Waals surface area contributed by atoms with Crippen LogP contribution < -0.4 is 5.32 Å². The molecule has 0 aliphatic heterocycles. The molecule has 0 unspecified atom stereocenters. The van der Waals surface area contributed by atoms with Crippen molar-refractivity contribution in [2.45, 2.75) is 0 Å². The van der Waals surface area contributed by atoms with E-state index in [1.165, 1.54) is 6.07 Å². The minimum Gasteiger partial charge on any atom is -0.506 e. The summed E-state index contributed by atoms with van der Waals surface area (Å²) in [5.74, 6) is 0.572. The second-order valence-corrected chi connectivity index (χ2v) is 3.96. The molecular formula is C14H9N3O2. The van der Waals surface area contributed by atoms with Gasteiger partial charge in [-0.15, -0.1) is 0 Å². The number of benzene rings is 1. The molecule has 0 bridgehead atoms. The van der Waals surface area contributed by atoms with Gasteiger partial charge in [-0.2, -0.15) is 5.26 Å². The van der Waals surface area contributed by atoms with Crippen molar-refractivity contribution in [1.82, 2.24) is 4.98 Å². The van der Waals surface area contributed by atoms with E-state index in [-0.39, 0.29) is 11.3 Å². The Hall–Kier alpha value is -3.00. The van der Waals surface area contributed by atoms with E-state index in [2.05, 4.69) is 10.3 Å². The molecule has 3 rings (SSSR count). The first-order valence-corrected chi connectivity index (χ1v) is 5.60. The summed E-state index contributed by atoms with van der Waals surface area (Å²) in [5.41, 5.74) is 1.62. The molecule has 0 amide bonds. The van der Waals surface area contributed by atoms with Crippen LogP contribution >= 0.6 is 0 Å². The van der Waals surface area contributed by atoms with Crippen molar-refractivity contribution in [3.63, 3.8) is 0 Å². The fraction of sp³-hybridized carbons (Fsp3) is 0. The summed E-state index contributed by atoms with van der Waals surface area (Å²) >= 11 is 0. The monoisotopic (exact) mass is 251 g/mol. The molecule has 5 nitrogen and oxygen atoms in total. The molecule has 0 fully saturated rings. The molecule has 92 valence electrons. The van der Waals surface area contributed by atoms with Gasteiger partial charge in [0.1, 0.15) is 23.2 Å². The third kappa shape index (κ3) is 1.96. The number of rotatable bonds is 2. The summed E-state index contributed by atoms with van der Waals surface area (Å²) in [6.07, 6.45) is 3.23. The van der Waals surface area contributed by atoms with E-state index >= 15 is 0 Å². The predicted molar refractivity (Wildman–Crippen MR) is 70.1 cm³/mol. The number of nitriles is 1. The van der Waals surface area contributed by atoms with Crippen molar-refractivity contribution in [1.29, 1.82) is 5.26 Å². The lowest BCUT2D eigenvalue weighted by molar-refractivity contribution is 0.474. The van der Waals surface area contributed by atoms with Gasteiger partial charge < -0.3 is 14.8 Å². The van der Waals surface area contributed by atoms with Gasteiger partial charge in [-0.05, 0) is 24.3 Å². The normalized spacial score (nSPS) is 10.3. The van der Waals surface area contributed by atoms with Crippen molar-refractivity contribution >= 4 is 22.5 Å². The summed E-state index contributed by atoms with van der Waals surface area (Å²) in [6.45, 7) is 0. The summed E-state index contributed by atoms with van der Waals surface area (Å²) in [5, 5.41) is 22.3. The van der Waals surface area contributed by atoms with Crippen LogP contribution in [0.15, 0.2) is 47.2 Å². The standard InChI is InChI=1S/C14H9N3O2/c15-8-9-1-2-10(7-12(9)18)17-14-11-4-6-19-13(11)3-5-16-14/h1-7,18H,(H,16,17). The Balaban J connectivity index is 1.99. The number of fused-ring (bicyclic) bond motifs is 1. The zero-order chi connectivity index (χ0) is 13.2. The van der Waals surface area contributed by atoms with Crippen molar-refractivity contribution in [2.24, 2.45) is 0 Å². The molecule has 19 heavy (non-hydrogen) atoms. The van der Waals surface area contributed by atoms with Gasteiger partial charge >= 0.3 is 0 Å². The first kappa shape index (κ1) is 11.1. The molecule has 2 heterocycles. The number of aromatic hydroxyl groups is 1. The zero-order valence-corrected chi connectivity index (χ0v) is 9.79. The molecule has 0 atom stereocenters. The first-order chi connectivity index (χ1) is 9.28. The molecule has 0 aliphatic carbocycles. The van der Waals surface area contributed by atoms with Crippen molar-refractivity contribution < 1.29 is 9.52 Å². The molecule has 0 saturated carbocycles. The topological polar surface area (TPSA) is 82.1 Å². The molecule has 0 spiro atoms. The van der Waals surface area contributed by atoms with Gasteiger partial charge in [0.05, 0.1) is 17.2 Å². The number of anilines is 2. The number of hydrogen-bond acceptors (Lipinski definition) is 5. The van der Waals surface area contributed by atoms with Crippen molar-refractivity contribution in [3.8, 4) is 11.8 Å². The SMILES string of the molecule is N#Cc1ccc(Nc2nccc3occc23)cc1O. The fourth-order valence-corrected chi connectivity index (χ4v) is 1.83. The third-order valence-corrected chi connectivity index (χ3v) is 2.76. The van der Waals surface area contributed by atoms with Gasteiger partial charge in [0.15, 0.2) is 0 Å². The molecule has 0 radical (unpaired) electrons. The number of hydrogen-bond donors (Lipinski definition) is 2. The number of phenols is 1. The Morgan fingerprint density at radius 3 is 2.95 bits per heavy atom. The third-order valence-electron chi connectivity index (χ3n) is 2.76. The average molecular weight is 251 g/mol. The molecule has 1 aromatic carbocycles. The van der Waals surface area contributed by atoms with E-state index in [0.29, 0.717) is 11.5 Å². The minimum absolute atomic E-state index is 0.0631. The maximum atomic E-state index is 9.64. The van der Waals surface area contributed by atoms with Crippen LogP contribution in [0.3, 0.4) is 0 Å². The van der Waals surface area contributed by atoms with Crippen LogP contribution in [0, 0.1) is 11.3 Å². The Morgan fingerprint density at radius 2 is 2.16 bits per heavy atom. The van der Waals surface area contributed by atoms with E-state index in [1.54, 1.807) is 30.7 Å². The lowest BCUT2D eigenvalue weighted by atomic mass is 10.2. The van der Waals surface area contributed by atoms with Gasteiger partial charge in [-0.3, -0.25) is 0 Å². The summed E-state index contributed by atoms with van der Waals surface area (Å²) in [7, 11) is 0. The highest BCUT2D eigenvalue weighted by Gasteiger charge is 2.06.